The number of unbranched alkanes of at least 4 members (excludes halogenated alkanes) is 1. The van der Waals surface area contributed by atoms with Crippen molar-refractivity contribution >= 4 is 0 Å². The maximum Gasteiger partial charge on any atom is -0.0235 e. The average molecular weight is 224 g/mol. The summed E-state index contributed by atoms with van der Waals surface area (Å²) >= 11 is 0. The van der Waals surface area contributed by atoms with E-state index in [1.165, 1.54) is 32.1 Å². The second kappa shape index (κ2) is 8.84. The summed E-state index contributed by atoms with van der Waals surface area (Å²) in [5, 5.41) is 0. The summed E-state index contributed by atoms with van der Waals surface area (Å²) in [5.41, 5.74) is 1.55. The van der Waals surface area contributed by atoms with Crippen molar-refractivity contribution in [3.05, 3.63) is 11.6 Å². The number of rotatable bonds is 8. The van der Waals surface area contributed by atoms with E-state index in [1.54, 1.807) is 5.57 Å². The Morgan fingerprint density at radius 1 is 1.00 bits per heavy atom. The van der Waals surface area contributed by atoms with E-state index in [4.69, 9.17) is 0 Å². The lowest BCUT2D eigenvalue weighted by Gasteiger charge is -2.18. The molecule has 0 aromatic heterocycles. The zero-order valence-corrected chi connectivity index (χ0v) is 12.3. The van der Waals surface area contributed by atoms with Crippen molar-refractivity contribution < 1.29 is 0 Å². The Bertz CT molecular complexity index is 190. The van der Waals surface area contributed by atoms with Crippen LogP contribution in [0.25, 0.3) is 0 Å². The summed E-state index contributed by atoms with van der Waals surface area (Å²) in [5.74, 6) is 2.58. The molecule has 0 amide bonds. The Labute approximate surface area is 104 Å². The van der Waals surface area contributed by atoms with E-state index in [-0.39, 0.29) is 0 Å². The molecule has 0 spiro atoms. The van der Waals surface area contributed by atoms with Crippen molar-refractivity contribution in [2.45, 2.75) is 73.6 Å². The fraction of sp³-hybridized carbons (Fsp3) is 0.875. The summed E-state index contributed by atoms with van der Waals surface area (Å²) < 4.78 is 0. The van der Waals surface area contributed by atoms with Crippen LogP contribution in [-0.2, 0) is 0 Å². The highest BCUT2D eigenvalue weighted by Gasteiger charge is 2.10. The smallest absolute Gasteiger partial charge is 0.0235 e. The van der Waals surface area contributed by atoms with Crippen LogP contribution in [0.15, 0.2) is 11.6 Å². The molecule has 0 aliphatic heterocycles. The molecular formula is C16H32. The molecule has 0 aliphatic rings. The van der Waals surface area contributed by atoms with Crippen LogP contribution in [0.5, 0.6) is 0 Å². The molecule has 0 N–H and O–H groups in total. The molecule has 3 unspecified atom stereocenters. The maximum absolute atomic E-state index is 2.41. The van der Waals surface area contributed by atoms with Crippen LogP contribution < -0.4 is 0 Å². The van der Waals surface area contributed by atoms with Gasteiger partial charge in [-0.05, 0) is 38.0 Å². The van der Waals surface area contributed by atoms with Crippen LogP contribution >= 0.6 is 0 Å². The molecule has 3 atom stereocenters. The zero-order chi connectivity index (χ0) is 12.6. The fourth-order valence-corrected chi connectivity index (χ4v) is 2.12. The fourth-order valence-electron chi connectivity index (χ4n) is 2.12. The van der Waals surface area contributed by atoms with Crippen LogP contribution in [0.1, 0.15) is 73.6 Å². The van der Waals surface area contributed by atoms with Crippen molar-refractivity contribution in [3.63, 3.8) is 0 Å². The third kappa shape index (κ3) is 6.35. The van der Waals surface area contributed by atoms with Crippen molar-refractivity contribution in [3.8, 4) is 0 Å². The number of allylic oxidation sites excluding steroid dienone is 2. The predicted octanol–water partition coefficient (Wildman–Crippen LogP) is 5.83. The van der Waals surface area contributed by atoms with E-state index in [9.17, 15) is 0 Å². The molecule has 0 rings (SSSR count). The molecule has 16 heavy (non-hydrogen) atoms. The quantitative estimate of drug-likeness (QED) is 0.359. The van der Waals surface area contributed by atoms with E-state index in [2.05, 4.69) is 47.6 Å². The van der Waals surface area contributed by atoms with Crippen LogP contribution in [0.2, 0.25) is 0 Å². The topological polar surface area (TPSA) is 0 Å². The Morgan fingerprint density at radius 2 is 1.56 bits per heavy atom. The molecule has 0 radical (unpaired) electrons. The van der Waals surface area contributed by atoms with E-state index in [1.807, 2.05) is 0 Å². The Kier molecular flexibility index (Phi) is 8.70. The van der Waals surface area contributed by atoms with Gasteiger partial charge in [0.15, 0.2) is 0 Å². The highest BCUT2D eigenvalue weighted by atomic mass is 14.2. The summed E-state index contributed by atoms with van der Waals surface area (Å²) in [6.07, 6.45) is 9.17. The normalized spacial score (nSPS) is 18.2. The molecule has 0 aromatic rings. The van der Waals surface area contributed by atoms with Gasteiger partial charge < -0.3 is 0 Å². The molecule has 0 aromatic carbocycles. The van der Waals surface area contributed by atoms with Gasteiger partial charge in [-0.15, -0.1) is 0 Å². The van der Waals surface area contributed by atoms with Gasteiger partial charge in [0.2, 0.25) is 0 Å². The molecule has 0 fully saturated rings. The van der Waals surface area contributed by atoms with E-state index >= 15 is 0 Å². The zero-order valence-electron chi connectivity index (χ0n) is 12.3. The summed E-state index contributed by atoms with van der Waals surface area (Å²) in [6, 6.07) is 0. The molecule has 0 nitrogen and oxygen atoms in total. The Morgan fingerprint density at radius 3 is 2.06 bits per heavy atom. The van der Waals surface area contributed by atoms with Crippen molar-refractivity contribution in [2.75, 3.05) is 0 Å². The van der Waals surface area contributed by atoms with Crippen LogP contribution in [-0.4, -0.2) is 0 Å². The van der Waals surface area contributed by atoms with Gasteiger partial charge in [0.1, 0.15) is 0 Å². The van der Waals surface area contributed by atoms with Gasteiger partial charge in [-0.3, -0.25) is 0 Å². The van der Waals surface area contributed by atoms with E-state index in [0.717, 1.165) is 17.8 Å². The standard InChI is InChI=1S/C16H32/c1-7-13(3)15(5)11-9-10-12-16(6)14(4)8-2/h7,14-16H,8-12H2,1-6H3. The molecule has 0 aliphatic carbocycles. The third-order valence-electron chi connectivity index (χ3n) is 4.39. The minimum atomic E-state index is 0.781. The highest BCUT2D eigenvalue weighted by molar-refractivity contribution is 4.99. The first-order valence-electron chi connectivity index (χ1n) is 7.15. The first kappa shape index (κ1) is 15.7. The van der Waals surface area contributed by atoms with E-state index < -0.39 is 0 Å². The monoisotopic (exact) mass is 224 g/mol. The molecular weight excluding hydrogens is 192 g/mol. The summed E-state index contributed by atoms with van der Waals surface area (Å²) in [4.78, 5) is 0. The van der Waals surface area contributed by atoms with Gasteiger partial charge in [-0.25, -0.2) is 0 Å². The Hall–Kier alpha value is -0.260. The predicted molar refractivity (Wildman–Crippen MR) is 75.7 cm³/mol. The lowest BCUT2D eigenvalue weighted by Crippen LogP contribution is -2.06. The molecule has 96 valence electrons. The molecule has 0 heterocycles. The van der Waals surface area contributed by atoms with Crippen molar-refractivity contribution in [1.29, 1.82) is 0 Å². The highest BCUT2D eigenvalue weighted by Crippen LogP contribution is 2.23. The first-order chi connectivity index (χ1) is 7.52. The van der Waals surface area contributed by atoms with Gasteiger partial charge in [0.05, 0.1) is 0 Å². The minimum Gasteiger partial charge on any atom is -0.0885 e. The molecule has 0 saturated carbocycles. The SMILES string of the molecule is CC=C(C)C(C)CCCCC(C)C(C)CC. The van der Waals surface area contributed by atoms with Crippen molar-refractivity contribution in [2.24, 2.45) is 17.8 Å². The van der Waals surface area contributed by atoms with E-state index in [0.29, 0.717) is 0 Å². The second-order valence-electron chi connectivity index (χ2n) is 5.58. The minimum absolute atomic E-state index is 0.781. The maximum atomic E-state index is 2.41. The second-order valence-corrected chi connectivity index (χ2v) is 5.58. The molecule has 0 bridgehead atoms. The van der Waals surface area contributed by atoms with Gasteiger partial charge >= 0.3 is 0 Å². The summed E-state index contributed by atoms with van der Waals surface area (Å²) in [7, 11) is 0. The molecule has 0 heteroatoms. The van der Waals surface area contributed by atoms with Gasteiger partial charge in [0.25, 0.3) is 0 Å². The average Bonchev–Trinajstić information content (AvgIpc) is 2.31. The van der Waals surface area contributed by atoms with Gasteiger partial charge in [0, 0.05) is 0 Å². The van der Waals surface area contributed by atoms with Crippen LogP contribution in [0.3, 0.4) is 0 Å². The van der Waals surface area contributed by atoms with Gasteiger partial charge in [-0.1, -0.05) is 65.0 Å². The van der Waals surface area contributed by atoms with Gasteiger partial charge in [-0.2, -0.15) is 0 Å². The number of hydrogen-bond donors (Lipinski definition) is 0. The lowest BCUT2D eigenvalue weighted by molar-refractivity contribution is 0.340. The Balaban J connectivity index is 3.61. The van der Waals surface area contributed by atoms with Crippen LogP contribution in [0.4, 0.5) is 0 Å². The summed E-state index contributed by atoms with van der Waals surface area (Å²) in [6.45, 7) is 13.9. The first-order valence-corrected chi connectivity index (χ1v) is 7.15. The van der Waals surface area contributed by atoms with Crippen LogP contribution in [0, 0.1) is 17.8 Å². The lowest BCUT2D eigenvalue weighted by atomic mass is 9.88. The number of hydrogen-bond acceptors (Lipinski definition) is 0. The largest absolute Gasteiger partial charge is 0.0885 e. The third-order valence-corrected chi connectivity index (χ3v) is 4.39. The molecule has 0 saturated heterocycles. The van der Waals surface area contributed by atoms with Crippen molar-refractivity contribution in [1.82, 2.24) is 0 Å².